The van der Waals surface area contributed by atoms with Gasteiger partial charge in [-0.25, -0.2) is 0 Å². The highest BCUT2D eigenvalue weighted by Crippen LogP contribution is 2.24. The predicted molar refractivity (Wildman–Crippen MR) is 74.8 cm³/mol. The maximum absolute atomic E-state index is 12.1. The number of hydrogen-bond donors (Lipinski definition) is 1. The number of hydrogen-bond acceptors (Lipinski definition) is 2. The largest absolute Gasteiger partial charge is 0.393 e. The van der Waals surface area contributed by atoms with Crippen molar-refractivity contribution in [1.82, 2.24) is 4.90 Å². The molecule has 0 heterocycles. The lowest BCUT2D eigenvalue weighted by molar-refractivity contribution is -0.132. The lowest BCUT2D eigenvalue weighted by Crippen LogP contribution is -2.41. The van der Waals surface area contributed by atoms with Gasteiger partial charge in [0.1, 0.15) is 0 Å². The molecular weight excluding hydrogens is 232 g/mol. The molecule has 98 valence electrons. The summed E-state index contributed by atoms with van der Waals surface area (Å²) in [5, 5.41) is 0. The fraction of sp³-hybridized carbons (Fsp3) is 0.846. The molecule has 1 unspecified atom stereocenters. The van der Waals surface area contributed by atoms with E-state index in [1.807, 2.05) is 18.9 Å². The topological polar surface area (TPSA) is 46.3 Å². The van der Waals surface area contributed by atoms with Crippen molar-refractivity contribution in [2.24, 2.45) is 17.6 Å². The summed E-state index contributed by atoms with van der Waals surface area (Å²) in [6.45, 7) is 2.81. The van der Waals surface area contributed by atoms with Gasteiger partial charge >= 0.3 is 0 Å². The molecular formula is C13H24N2OS. The SMILES string of the molecule is CCC(C(=O)N(C)CC1CCCCC1)C(N)=S. The van der Waals surface area contributed by atoms with Crippen molar-refractivity contribution in [1.29, 1.82) is 0 Å². The van der Waals surface area contributed by atoms with Crippen LogP contribution in [0.1, 0.15) is 45.4 Å². The molecule has 0 radical (unpaired) electrons. The van der Waals surface area contributed by atoms with E-state index < -0.39 is 0 Å². The Bertz CT molecular complexity index is 275. The van der Waals surface area contributed by atoms with Gasteiger partial charge in [0.2, 0.25) is 5.91 Å². The summed E-state index contributed by atoms with van der Waals surface area (Å²) < 4.78 is 0. The summed E-state index contributed by atoms with van der Waals surface area (Å²) >= 11 is 4.95. The molecule has 3 nitrogen and oxygen atoms in total. The fourth-order valence-electron chi connectivity index (χ4n) is 2.61. The lowest BCUT2D eigenvalue weighted by Gasteiger charge is -2.29. The molecule has 0 aromatic heterocycles. The molecule has 1 saturated carbocycles. The van der Waals surface area contributed by atoms with Crippen LogP contribution in [0.4, 0.5) is 0 Å². The van der Waals surface area contributed by atoms with E-state index in [1.165, 1.54) is 32.1 Å². The van der Waals surface area contributed by atoms with Crippen LogP contribution in [-0.2, 0) is 4.79 Å². The Balaban J connectivity index is 2.47. The molecule has 0 aliphatic heterocycles. The molecule has 1 atom stereocenters. The Morgan fingerprint density at radius 3 is 2.47 bits per heavy atom. The summed E-state index contributed by atoms with van der Waals surface area (Å²) in [6.07, 6.45) is 7.16. The number of carbonyl (C=O) groups excluding carboxylic acids is 1. The van der Waals surface area contributed by atoms with Crippen molar-refractivity contribution < 1.29 is 4.79 Å². The lowest BCUT2D eigenvalue weighted by atomic mass is 9.89. The Kier molecular flexibility index (Phi) is 5.89. The summed E-state index contributed by atoms with van der Waals surface area (Å²) in [5.41, 5.74) is 5.60. The Morgan fingerprint density at radius 2 is 2.00 bits per heavy atom. The monoisotopic (exact) mass is 256 g/mol. The van der Waals surface area contributed by atoms with E-state index >= 15 is 0 Å². The fourth-order valence-corrected chi connectivity index (χ4v) is 2.88. The van der Waals surface area contributed by atoms with Gasteiger partial charge in [-0.3, -0.25) is 4.79 Å². The zero-order chi connectivity index (χ0) is 12.8. The molecule has 17 heavy (non-hydrogen) atoms. The van der Waals surface area contributed by atoms with Crippen LogP contribution in [0.3, 0.4) is 0 Å². The zero-order valence-corrected chi connectivity index (χ0v) is 11.8. The highest BCUT2D eigenvalue weighted by molar-refractivity contribution is 7.80. The van der Waals surface area contributed by atoms with Gasteiger partial charge in [0.05, 0.1) is 10.9 Å². The van der Waals surface area contributed by atoms with E-state index in [0.717, 1.165) is 6.54 Å². The number of amides is 1. The molecule has 0 aromatic carbocycles. The van der Waals surface area contributed by atoms with Crippen molar-refractivity contribution in [2.45, 2.75) is 45.4 Å². The molecule has 4 heteroatoms. The molecule has 0 bridgehead atoms. The number of thiocarbonyl (C=S) groups is 1. The van der Waals surface area contributed by atoms with E-state index in [4.69, 9.17) is 18.0 Å². The molecule has 2 N–H and O–H groups in total. The zero-order valence-electron chi connectivity index (χ0n) is 10.9. The molecule has 1 amide bonds. The van der Waals surface area contributed by atoms with Gasteiger partial charge in [0.15, 0.2) is 0 Å². The summed E-state index contributed by atoms with van der Waals surface area (Å²) in [5.74, 6) is 0.478. The first-order valence-electron chi connectivity index (χ1n) is 6.60. The van der Waals surface area contributed by atoms with Crippen LogP contribution < -0.4 is 5.73 Å². The first-order chi connectivity index (χ1) is 8.06. The average Bonchev–Trinajstić information content (AvgIpc) is 2.30. The Morgan fingerprint density at radius 1 is 1.41 bits per heavy atom. The summed E-state index contributed by atoms with van der Waals surface area (Å²) in [4.78, 5) is 14.3. The van der Waals surface area contributed by atoms with Crippen LogP contribution >= 0.6 is 12.2 Å². The Hall–Kier alpha value is -0.640. The van der Waals surface area contributed by atoms with Gasteiger partial charge < -0.3 is 10.6 Å². The van der Waals surface area contributed by atoms with Crippen LogP contribution in [0.15, 0.2) is 0 Å². The molecule has 1 rings (SSSR count). The van der Waals surface area contributed by atoms with Crippen molar-refractivity contribution in [3.63, 3.8) is 0 Å². The van der Waals surface area contributed by atoms with Crippen LogP contribution in [0.25, 0.3) is 0 Å². The van der Waals surface area contributed by atoms with Gasteiger partial charge in [-0.2, -0.15) is 0 Å². The van der Waals surface area contributed by atoms with Gasteiger partial charge in [-0.05, 0) is 25.2 Å². The molecule has 1 aliphatic rings. The maximum atomic E-state index is 12.1. The van der Waals surface area contributed by atoms with Crippen LogP contribution in [0.5, 0.6) is 0 Å². The molecule has 1 aliphatic carbocycles. The first-order valence-corrected chi connectivity index (χ1v) is 7.01. The summed E-state index contributed by atoms with van der Waals surface area (Å²) in [6, 6.07) is 0. The van der Waals surface area contributed by atoms with Crippen molar-refractivity contribution in [2.75, 3.05) is 13.6 Å². The van der Waals surface area contributed by atoms with Crippen molar-refractivity contribution in [3.8, 4) is 0 Å². The second kappa shape index (κ2) is 6.94. The maximum Gasteiger partial charge on any atom is 0.232 e. The predicted octanol–water partition coefficient (Wildman–Crippen LogP) is 2.34. The smallest absolute Gasteiger partial charge is 0.232 e. The summed E-state index contributed by atoms with van der Waals surface area (Å²) in [7, 11) is 1.87. The number of rotatable bonds is 5. The van der Waals surface area contributed by atoms with Crippen LogP contribution in [-0.4, -0.2) is 29.4 Å². The minimum Gasteiger partial charge on any atom is -0.393 e. The molecule has 0 aromatic rings. The normalized spacial score (nSPS) is 18.7. The van der Waals surface area contributed by atoms with E-state index in [1.54, 1.807) is 0 Å². The average molecular weight is 256 g/mol. The molecule has 0 saturated heterocycles. The minimum atomic E-state index is -0.279. The first kappa shape index (κ1) is 14.4. The van der Waals surface area contributed by atoms with Crippen molar-refractivity contribution in [3.05, 3.63) is 0 Å². The van der Waals surface area contributed by atoms with E-state index in [-0.39, 0.29) is 11.8 Å². The van der Waals surface area contributed by atoms with E-state index in [2.05, 4.69) is 0 Å². The third-order valence-electron chi connectivity index (χ3n) is 3.68. The number of nitrogens with zero attached hydrogens (tertiary/aromatic N) is 1. The van der Waals surface area contributed by atoms with Gasteiger partial charge in [0, 0.05) is 13.6 Å². The van der Waals surface area contributed by atoms with Gasteiger partial charge in [0.25, 0.3) is 0 Å². The second-order valence-electron chi connectivity index (χ2n) is 5.09. The van der Waals surface area contributed by atoms with Crippen LogP contribution in [0.2, 0.25) is 0 Å². The highest BCUT2D eigenvalue weighted by Gasteiger charge is 2.25. The highest BCUT2D eigenvalue weighted by atomic mass is 32.1. The number of nitrogens with two attached hydrogens (primary N) is 1. The van der Waals surface area contributed by atoms with Gasteiger partial charge in [-0.15, -0.1) is 0 Å². The molecule has 0 spiro atoms. The van der Waals surface area contributed by atoms with Gasteiger partial charge in [-0.1, -0.05) is 38.4 Å². The second-order valence-corrected chi connectivity index (χ2v) is 5.56. The molecule has 1 fully saturated rings. The van der Waals surface area contributed by atoms with E-state index in [0.29, 0.717) is 17.3 Å². The van der Waals surface area contributed by atoms with Crippen molar-refractivity contribution >= 4 is 23.1 Å². The van der Waals surface area contributed by atoms with Crippen LogP contribution in [0, 0.1) is 11.8 Å². The Labute approximate surface area is 110 Å². The van der Waals surface area contributed by atoms with E-state index in [9.17, 15) is 4.79 Å². The minimum absolute atomic E-state index is 0.0885. The number of carbonyl (C=O) groups is 1. The standard InChI is InChI=1S/C13H24N2OS/c1-3-11(12(14)17)13(16)15(2)9-10-7-5-4-6-8-10/h10-11H,3-9H2,1-2H3,(H2,14,17). The third kappa shape index (κ3) is 4.26. The third-order valence-corrected chi connectivity index (χ3v) is 3.97. The quantitative estimate of drug-likeness (QED) is 0.768.